The molecule has 0 aliphatic carbocycles. The molecule has 0 aliphatic heterocycles. The first-order valence-corrected chi connectivity index (χ1v) is 4.60. The summed E-state index contributed by atoms with van der Waals surface area (Å²) in [5.41, 5.74) is 3.62. The van der Waals surface area contributed by atoms with E-state index in [-0.39, 0.29) is 0 Å². The number of nitriles is 1. The van der Waals surface area contributed by atoms with Gasteiger partial charge in [-0.1, -0.05) is 6.92 Å². The average molecular weight is 177 g/mol. The zero-order valence-corrected chi connectivity index (χ0v) is 8.46. The van der Waals surface area contributed by atoms with Crippen molar-refractivity contribution in [2.75, 3.05) is 0 Å². The van der Waals surface area contributed by atoms with E-state index in [1.807, 2.05) is 11.6 Å². The van der Waals surface area contributed by atoms with Crippen LogP contribution in [0.3, 0.4) is 0 Å². The Morgan fingerprint density at radius 3 is 2.62 bits per heavy atom. The van der Waals surface area contributed by atoms with Gasteiger partial charge >= 0.3 is 0 Å². The molecule has 13 heavy (non-hydrogen) atoms. The summed E-state index contributed by atoms with van der Waals surface area (Å²) < 4.78 is 1.93. The van der Waals surface area contributed by atoms with Gasteiger partial charge in [-0.2, -0.15) is 10.4 Å². The molecular weight excluding hydrogens is 162 g/mol. The molecule has 1 aromatic heterocycles. The van der Waals surface area contributed by atoms with Gasteiger partial charge in [-0.15, -0.1) is 0 Å². The number of aryl methyl sites for hydroxylation is 2. The van der Waals surface area contributed by atoms with Crippen molar-refractivity contribution in [3.63, 3.8) is 0 Å². The minimum absolute atomic E-state index is 0.533. The van der Waals surface area contributed by atoms with Crippen LogP contribution in [0, 0.1) is 25.2 Å². The molecule has 0 radical (unpaired) electrons. The van der Waals surface area contributed by atoms with Crippen molar-refractivity contribution in [2.45, 2.75) is 40.2 Å². The van der Waals surface area contributed by atoms with Crippen LogP contribution in [0.25, 0.3) is 0 Å². The van der Waals surface area contributed by atoms with Crippen LogP contribution in [-0.2, 0) is 13.0 Å². The quantitative estimate of drug-likeness (QED) is 0.708. The Balaban J connectivity index is 2.91. The highest BCUT2D eigenvalue weighted by molar-refractivity contribution is 5.24. The van der Waals surface area contributed by atoms with Crippen molar-refractivity contribution in [3.05, 3.63) is 17.0 Å². The van der Waals surface area contributed by atoms with E-state index in [9.17, 15) is 0 Å². The normalized spacial score (nSPS) is 10.0. The van der Waals surface area contributed by atoms with Crippen molar-refractivity contribution < 1.29 is 0 Å². The summed E-state index contributed by atoms with van der Waals surface area (Å²) in [6.07, 6.45) is 1.55. The molecule has 0 aromatic carbocycles. The number of rotatable bonds is 3. The smallest absolute Gasteiger partial charge is 0.0641 e. The van der Waals surface area contributed by atoms with Crippen molar-refractivity contribution in [1.29, 1.82) is 5.26 Å². The number of hydrogen-bond donors (Lipinski definition) is 0. The van der Waals surface area contributed by atoms with Crippen LogP contribution in [0.5, 0.6) is 0 Å². The number of nitrogens with zero attached hydrogens (tertiary/aromatic N) is 3. The molecule has 0 saturated heterocycles. The Hall–Kier alpha value is -1.30. The molecule has 0 fully saturated rings. The molecule has 70 valence electrons. The fourth-order valence-corrected chi connectivity index (χ4v) is 1.62. The second-order valence-corrected chi connectivity index (χ2v) is 3.13. The van der Waals surface area contributed by atoms with E-state index in [1.54, 1.807) is 0 Å². The highest BCUT2D eigenvalue weighted by Crippen LogP contribution is 2.13. The summed E-state index contributed by atoms with van der Waals surface area (Å²) in [6.45, 7) is 6.93. The van der Waals surface area contributed by atoms with E-state index in [2.05, 4.69) is 25.0 Å². The zero-order valence-electron chi connectivity index (χ0n) is 8.46. The van der Waals surface area contributed by atoms with Gasteiger partial charge in [0.2, 0.25) is 0 Å². The van der Waals surface area contributed by atoms with E-state index < -0.39 is 0 Å². The summed E-state index contributed by atoms with van der Waals surface area (Å²) in [5, 5.41) is 12.8. The van der Waals surface area contributed by atoms with E-state index >= 15 is 0 Å². The second-order valence-electron chi connectivity index (χ2n) is 3.13. The molecule has 0 saturated carbocycles. The van der Waals surface area contributed by atoms with Crippen molar-refractivity contribution in [2.24, 2.45) is 0 Å². The van der Waals surface area contributed by atoms with Crippen LogP contribution >= 0.6 is 0 Å². The maximum atomic E-state index is 8.46. The minimum Gasteiger partial charge on any atom is -0.268 e. The molecule has 0 unspecified atom stereocenters. The Bertz CT molecular complexity index is 331. The zero-order chi connectivity index (χ0) is 9.84. The maximum Gasteiger partial charge on any atom is 0.0641 e. The summed E-state index contributed by atoms with van der Waals surface area (Å²) in [4.78, 5) is 0. The lowest BCUT2D eigenvalue weighted by molar-refractivity contribution is 0.605. The highest BCUT2D eigenvalue weighted by Gasteiger charge is 2.08. The highest BCUT2D eigenvalue weighted by atomic mass is 15.3. The SMILES string of the molecule is CCc1c(C)nn(CCC#N)c1C. The standard InChI is InChI=1S/C10H15N3/c1-4-10-8(2)12-13(9(10)3)7-5-6-11/h4-5,7H2,1-3H3. The molecule has 1 heterocycles. The van der Waals surface area contributed by atoms with Crippen LogP contribution in [0.15, 0.2) is 0 Å². The lowest BCUT2D eigenvalue weighted by Gasteiger charge is -2.00. The topological polar surface area (TPSA) is 41.6 Å². The summed E-state index contributed by atoms with van der Waals surface area (Å²) in [6, 6.07) is 2.13. The third-order valence-corrected chi connectivity index (χ3v) is 2.32. The molecule has 0 amide bonds. The van der Waals surface area contributed by atoms with E-state index in [0.717, 1.165) is 12.1 Å². The Kier molecular flexibility index (Phi) is 3.07. The Morgan fingerprint density at radius 2 is 2.15 bits per heavy atom. The minimum atomic E-state index is 0.533. The van der Waals surface area contributed by atoms with Gasteiger partial charge in [-0.25, -0.2) is 0 Å². The second kappa shape index (κ2) is 4.08. The first-order chi connectivity index (χ1) is 6.20. The average Bonchev–Trinajstić information content (AvgIpc) is 2.38. The van der Waals surface area contributed by atoms with E-state index in [4.69, 9.17) is 5.26 Å². The van der Waals surface area contributed by atoms with Crippen molar-refractivity contribution in [1.82, 2.24) is 9.78 Å². The molecule has 1 rings (SSSR count). The molecule has 0 spiro atoms. The van der Waals surface area contributed by atoms with Crippen molar-refractivity contribution >= 4 is 0 Å². The van der Waals surface area contributed by atoms with Crippen LogP contribution in [0.2, 0.25) is 0 Å². The predicted octanol–water partition coefficient (Wildman–Crippen LogP) is 1.98. The van der Waals surface area contributed by atoms with Gasteiger partial charge < -0.3 is 0 Å². The number of hydrogen-bond acceptors (Lipinski definition) is 2. The largest absolute Gasteiger partial charge is 0.268 e. The number of aromatic nitrogens is 2. The molecular formula is C10H15N3. The lowest BCUT2D eigenvalue weighted by Crippen LogP contribution is -2.02. The monoisotopic (exact) mass is 177 g/mol. The molecule has 1 aromatic rings. The molecule has 0 aliphatic rings. The van der Waals surface area contributed by atoms with Crippen LogP contribution in [0.4, 0.5) is 0 Å². The summed E-state index contributed by atoms with van der Waals surface area (Å²) in [5.74, 6) is 0. The maximum absolute atomic E-state index is 8.46. The van der Waals surface area contributed by atoms with Crippen LogP contribution in [-0.4, -0.2) is 9.78 Å². The molecule has 0 N–H and O–H groups in total. The van der Waals surface area contributed by atoms with Crippen LogP contribution < -0.4 is 0 Å². The Labute approximate surface area is 79.0 Å². The summed E-state index contributed by atoms with van der Waals surface area (Å²) in [7, 11) is 0. The molecule has 3 nitrogen and oxygen atoms in total. The van der Waals surface area contributed by atoms with Gasteiger partial charge in [0, 0.05) is 5.69 Å². The molecule has 0 atom stereocenters. The van der Waals surface area contributed by atoms with Gasteiger partial charge in [-0.3, -0.25) is 4.68 Å². The van der Waals surface area contributed by atoms with Gasteiger partial charge in [0.25, 0.3) is 0 Å². The van der Waals surface area contributed by atoms with E-state index in [1.165, 1.54) is 11.3 Å². The molecule has 0 bridgehead atoms. The van der Waals surface area contributed by atoms with Crippen LogP contribution in [0.1, 0.15) is 30.3 Å². The van der Waals surface area contributed by atoms with Gasteiger partial charge in [0.05, 0.1) is 24.7 Å². The van der Waals surface area contributed by atoms with Gasteiger partial charge in [-0.05, 0) is 25.8 Å². The predicted molar refractivity (Wildman–Crippen MR) is 51.3 cm³/mol. The lowest BCUT2D eigenvalue weighted by atomic mass is 10.1. The fourth-order valence-electron chi connectivity index (χ4n) is 1.62. The fraction of sp³-hybridized carbons (Fsp3) is 0.600. The van der Waals surface area contributed by atoms with E-state index in [0.29, 0.717) is 13.0 Å². The Morgan fingerprint density at radius 1 is 1.46 bits per heavy atom. The van der Waals surface area contributed by atoms with Gasteiger partial charge in [0.1, 0.15) is 0 Å². The first-order valence-electron chi connectivity index (χ1n) is 4.60. The van der Waals surface area contributed by atoms with Gasteiger partial charge in [0.15, 0.2) is 0 Å². The third kappa shape index (κ3) is 1.89. The molecule has 3 heteroatoms. The third-order valence-electron chi connectivity index (χ3n) is 2.32. The first kappa shape index (κ1) is 9.79. The van der Waals surface area contributed by atoms with Crippen molar-refractivity contribution in [3.8, 4) is 6.07 Å². The summed E-state index contributed by atoms with van der Waals surface area (Å²) >= 11 is 0.